The molecule has 34 heavy (non-hydrogen) atoms. The normalized spacial score (nSPS) is 11.3. The fraction of sp³-hybridized carbons (Fsp3) is 0.192. The SMILES string of the molecule is COC(=O)c1cc(CNC(=O)C(Cc2ccccc2)NC(=O)c2ccc(Cl)cc2)ccc1OC. The van der Waals surface area contributed by atoms with Crippen LogP contribution in [0, 0.1) is 0 Å². The minimum absolute atomic E-state index is 0.148. The summed E-state index contributed by atoms with van der Waals surface area (Å²) in [4.78, 5) is 37.9. The minimum atomic E-state index is -0.816. The number of rotatable bonds is 9. The van der Waals surface area contributed by atoms with Gasteiger partial charge in [0.1, 0.15) is 17.4 Å². The maximum Gasteiger partial charge on any atom is 0.341 e. The van der Waals surface area contributed by atoms with Crippen LogP contribution in [0.3, 0.4) is 0 Å². The zero-order valence-corrected chi connectivity index (χ0v) is 19.6. The van der Waals surface area contributed by atoms with E-state index in [-0.39, 0.29) is 23.9 Å². The number of benzene rings is 3. The highest BCUT2D eigenvalue weighted by molar-refractivity contribution is 6.30. The first-order valence-corrected chi connectivity index (χ1v) is 10.9. The van der Waals surface area contributed by atoms with Gasteiger partial charge in [-0.3, -0.25) is 9.59 Å². The average Bonchev–Trinajstić information content (AvgIpc) is 2.87. The maximum atomic E-state index is 13.1. The third kappa shape index (κ3) is 6.59. The van der Waals surface area contributed by atoms with E-state index in [4.69, 9.17) is 21.1 Å². The van der Waals surface area contributed by atoms with Gasteiger partial charge >= 0.3 is 5.97 Å². The third-order valence-electron chi connectivity index (χ3n) is 5.15. The van der Waals surface area contributed by atoms with Crippen LogP contribution < -0.4 is 15.4 Å². The molecule has 0 radical (unpaired) electrons. The zero-order chi connectivity index (χ0) is 24.5. The predicted octanol–water partition coefficient (Wildman–Crippen LogP) is 3.79. The number of halogens is 1. The van der Waals surface area contributed by atoms with Crippen molar-refractivity contribution in [1.82, 2.24) is 10.6 Å². The highest BCUT2D eigenvalue weighted by Crippen LogP contribution is 2.21. The van der Waals surface area contributed by atoms with Crippen LogP contribution in [0.25, 0.3) is 0 Å². The first kappa shape index (κ1) is 24.8. The molecule has 176 valence electrons. The Balaban J connectivity index is 1.75. The number of hydrogen-bond donors (Lipinski definition) is 2. The van der Waals surface area contributed by atoms with E-state index in [0.717, 1.165) is 5.56 Å². The van der Waals surface area contributed by atoms with Gasteiger partial charge in [0.05, 0.1) is 14.2 Å². The van der Waals surface area contributed by atoms with E-state index < -0.39 is 12.0 Å². The Hall–Kier alpha value is -3.84. The summed E-state index contributed by atoms with van der Waals surface area (Å²) in [6.07, 6.45) is 0.308. The fourth-order valence-corrected chi connectivity index (χ4v) is 3.47. The molecule has 3 aromatic carbocycles. The summed E-state index contributed by atoms with van der Waals surface area (Å²) >= 11 is 5.91. The van der Waals surface area contributed by atoms with E-state index in [1.165, 1.54) is 14.2 Å². The van der Waals surface area contributed by atoms with E-state index >= 15 is 0 Å². The van der Waals surface area contributed by atoms with Gasteiger partial charge in [-0.1, -0.05) is 48.0 Å². The minimum Gasteiger partial charge on any atom is -0.496 e. The molecule has 0 bridgehead atoms. The lowest BCUT2D eigenvalue weighted by molar-refractivity contribution is -0.123. The highest BCUT2D eigenvalue weighted by Gasteiger charge is 2.22. The number of ether oxygens (including phenoxy) is 2. The van der Waals surface area contributed by atoms with Crippen molar-refractivity contribution in [1.29, 1.82) is 0 Å². The van der Waals surface area contributed by atoms with Gasteiger partial charge in [-0.2, -0.15) is 0 Å². The number of nitrogens with one attached hydrogen (secondary N) is 2. The molecule has 1 unspecified atom stereocenters. The first-order valence-electron chi connectivity index (χ1n) is 10.5. The lowest BCUT2D eigenvalue weighted by atomic mass is 10.0. The Morgan fingerprint density at radius 1 is 0.912 bits per heavy atom. The number of methoxy groups -OCH3 is 2. The van der Waals surface area contributed by atoms with Gasteiger partial charge in [-0.05, 0) is 47.5 Å². The smallest absolute Gasteiger partial charge is 0.341 e. The standard InChI is InChI=1S/C26H25ClN2O5/c1-33-23-13-8-18(14-21(23)26(32)34-2)16-28-25(31)22(15-17-6-4-3-5-7-17)29-24(30)19-9-11-20(27)12-10-19/h3-14,22H,15-16H2,1-2H3,(H,28,31)(H,29,30). The number of carbonyl (C=O) groups is 3. The van der Waals surface area contributed by atoms with E-state index in [9.17, 15) is 14.4 Å². The first-order chi connectivity index (χ1) is 16.4. The maximum absolute atomic E-state index is 13.1. The van der Waals surface area contributed by atoms with Gasteiger partial charge in [0.25, 0.3) is 5.91 Å². The topological polar surface area (TPSA) is 93.7 Å². The molecule has 0 fully saturated rings. The molecular formula is C26H25ClN2O5. The predicted molar refractivity (Wildman–Crippen MR) is 129 cm³/mol. The molecule has 0 saturated heterocycles. The molecule has 3 rings (SSSR count). The van der Waals surface area contributed by atoms with Crippen molar-refractivity contribution in [3.63, 3.8) is 0 Å². The van der Waals surface area contributed by atoms with E-state index in [2.05, 4.69) is 10.6 Å². The molecule has 7 nitrogen and oxygen atoms in total. The largest absolute Gasteiger partial charge is 0.496 e. The fourth-order valence-electron chi connectivity index (χ4n) is 3.35. The van der Waals surface area contributed by atoms with Crippen LogP contribution in [0.4, 0.5) is 0 Å². The van der Waals surface area contributed by atoms with Crippen molar-refractivity contribution in [3.05, 3.63) is 100 Å². The molecule has 3 aromatic rings. The molecule has 0 aliphatic rings. The summed E-state index contributed by atoms with van der Waals surface area (Å²) in [6, 6.07) is 20.0. The Bertz CT molecular complexity index is 1150. The van der Waals surface area contributed by atoms with Crippen LogP contribution in [0.5, 0.6) is 5.75 Å². The Morgan fingerprint density at radius 3 is 2.26 bits per heavy atom. The molecule has 0 heterocycles. The van der Waals surface area contributed by atoms with E-state index in [0.29, 0.717) is 28.3 Å². The van der Waals surface area contributed by atoms with Crippen LogP contribution in [0.2, 0.25) is 5.02 Å². The molecule has 2 amide bonds. The number of esters is 1. The summed E-state index contributed by atoms with van der Waals surface area (Å²) in [5.41, 5.74) is 2.23. The second-order valence-corrected chi connectivity index (χ2v) is 7.90. The van der Waals surface area contributed by atoms with Gasteiger partial charge in [-0.25, -0.2) is 4.79 Å². The van der Waals surface area contributed by atoms with Crippen LogP contribution in [0.15, 0.2) is 72.8 Å². The molecule has 8 heteroatoms. The Kier molecular flexibility index (Phi) is 8.65. The summed E-state index contributed by atoms with van der Waals surface area (Å²) in [5.74, 6) is -0.909. The number of carbonyl (C=O) groups excluding carboxylic acids is 3. The molecule has 0 aromatic heterocycles. The van der Waals surface area contributed by atoms with E-state index in [1.54, 1.807) is 42.5 Å². The van der Waals surface area contributed by atoms with Crippen LogP contribution in [-0.2, 0) is 22.5 Å². The zero-order valence-electron chi connectivity index (χ0n) is 18.8. The Morgan fingerprint density at radius 2 is 1.62 bits per heavy atom. The summed E-state index contributed by atoms with van der Waals surface area (Å²) < 4.78 is 10.00. The quantitative estimate of drug-likeness (QED) is 0.454. The van der Waals surface area contributed by atoms with Gasteiger partial charge < -0.3 is 20.1 Å². The van der Waals surface area contributed by atoms with Gasteiger partial charge in [-0.15, -0.1) is 0 Å². The van der Waals surface area contributed by atoms with Crippen molar-refractivity contribution in [2.45, 2.75) is 19.0 Å². The molecule has 1 atom stereocenters. The van der Waals surface area contributed by atoms with Crippen molar-refractivity contribution < 1.29 is 23.9 Å². The molecule has 0 aliphatic carbocycles. The molecule has 0 spiro atoms. The Labute approximate surface area is 203 Å². The van der Waals surface area contributed by atoms with Gasteiger partial charge in [0, 0.05) is 23.6 Å². The van der Waals surface area contributed by atoms with Crippen molar-refractivity contribution in [2.24, 2.45) is 0 Å². The highest BCUT2D eigenvalue weighted by atomic mass is 35.5. The van der Waals surface area contributed by atoms with Crippen molar-refractivity contribution in [2.75, 3.05) is 14.2 Å². The summed E-state index contributed by atoms with van der Waals surface area (Å²) in [7, 11) is 2.74. The molecule has 2 N–H and O–H groups in total. The van der Waals surface area contributed by atoms with E-state index in [1.807, 2.05) is 30.3 Å². The number of amides is 2. The van der Waals surface area contributed by atoms with Crippen LogP contribution >= 0.6 is 11.6 Å². The van der Waals surface area contributed by atoms with Gasteiger partial charge in [0.2, 0.25) is 5.91 Å². The van der Waals surface area contributed by atoms with Crippen LogP contribution in [-0.4, -0.2) is 38.0 Å². The third-order valence-corrected chi connectivity index (χ3v) is 5.40. The second kappa shape index (κ2) is 11.9. The molecule has 0 aliphatic heterocycles. The molecular weight excluding hydrogens is 456 g/mol. The lowest BCUT2D eigenvalue weighted by Crippen LogP contribution is -2.47. The second-order valence-electron chi connectivity index (χ2n) is 7.47. The average molecular weight is 481 g/mol. The van der Waals surface area contributed by atoms with Crippen molar-refractivity contribution >= 4 is 29.4 Å². The van der Waals surface area contributed by atoms with Crippen molar-refractivity contribution in [3.8, 4) is 5.75 Å². The summed E-state index contributed by atoms with van der Waals surface area (Å²) in [5, 5.41) is 6.16. The lowest BCUT2D eigenvalue weighted by Gasteiger charge is -2.19. The monoisotopic (exact) mass is 480 g/mol. The van der Waals surface area contributed by atoms with Gasteiger partial charge in [0.15, 0.2) is 0 Å². The molecule has 0 saturated carbocycles. The van der Waals surface area contributed by atoms with Crippen LogP contribution in [0.1, 0.15) is 31.8 Å². The number of hydrogen-bond acceptors (Lipinski definition) is 5. The summed E-state index contributed by atoms with van der Waals surface area (Å²) in [6.45, 7) is 0.148.